The number of ether oxygens (including phenoxy) is 1. The zero-order valence-electron chi connectivity index (χ0n) is 11.4. The third kappa shape index (κ3) is 3.36. The monoisotopic (exact) mass is 240 g/mol. The fraction of sp³-hybridized carbons (Fsp3) is 0.750. The van der Waals surface area contributed by atoms with Crippen LogP contribution in [-0.2, 0) is 11.8 Å². The van der Waals surface area contributed by atoms with Crippen molar-refractivity contribution in [3.05, 3.63) is 5.69 Å². The lowest BCUT2D eigenvalue weighted by atomic mass is 10.1. The number of hydrogen-bond donors (Lipinski definition) is 2. The van der Waals surface area contributed by atoms with Gasteiger partial charge in [-0.1, -0.05) is 13.8 Å². The third-order valence-electron chi connectivity index (χ3n) is 2.61. The topological polar surface area (TPSA) is 65.1 Å². The number of nitrogens with two attached hydrogens (primary N) is 1. The molecule has 0 bridgehead atoms. The molecule has 0 aromatic carbocycles. The summed E-state index contributed by atoms with van der Waals surface area (Å²) in [5.41, 5.74) is 7.78. The van der Waals surface area contributed by atoms with Crippen LogP contribution in [0.3, 0.4) is 0 Å². The molecule has 0 aliphatic rings. The number of rotatable bonds is 6. The largest absolute Gasteiger partial charge is 0.394 e. The standard InChI is InChI=1S/C12H24N4O/c1-6-17-7-9(4)14-12-10(13)11(8(2)3)15-16(12)5/h8-9,14H,6-7,13H2,1-5H3. The van der Waals surface area contributed by atoms with E-state index in [4.69, 9.17) is 10.5 Å². The van der Waals surface area contributed by atoms with Gasteiger partial charge in [0.1, 0.15) is 5.82 Å². The molecule has 5 nitrogen and oxygen atoms in total. The summed E-state index contributed by atoms with van der Waals surface area (Å²) in [5, 5.41) is 7.77. The first kappa shape index (κ1) is 13.8. The number of anilines is 2. The van der Waals surface area contributed by atoms with Crippen molar-refractivity contribution in [3.8, 4) is 0 Å². The summed E-state index contributed by atoms with van der Waals surface area (Å²) in [6.07, 6.45) is 0. The number of nitrogens with one attached hydrogen (secondary N) is 1. The first-order valence-electron chi connectivity index (χ1n) is 6.14. The van der Waals surface area contributed by atoms with Crippen LogP contribution in [0.2, 0.25) is 0 Å². The average molecular weight is 240 g/mol. The molecule has 1 atom stereocenters. The maximum absolute atomic E-state index is 6.10. The molecule has 0 radical (unpaired) electrons. The van der Waals surface area contributed by atoms with E-state index in [2.05, 4.69) is 31.2 Å². The van der Waals surface area contributed by atoms with Gasteiger partial charge in [-0.2, -0.15) is 5.10 Å². The molecule has 1 rings (SSSR count). The van der Waals surface area contributed by atoms with Crippen LogP contribution < -0.4 is 11.1 Å². The van der Waals surface area contributed by atoms with Crippen LogP contribution in [0.25, 0.3) is 0 Å². The van der Waals surface area contributed by atoms with Gasteiger partial charge >= 0.3 is 0 Å². The fourth-order valence-electron chi connectivity index (χ4n) is 1.73. The van der Waals surface area contributed by atoms with Crippen LogP contribution in [0.15, 0.2) is 0 Å². The molecular weight excluding hydrogens is 216 g/mol. The summed E-state index contributed by atoms with van der Waals surface area (Å²) >= 11 is 0. The highest BCUT2D eigenvalue weighted by molar-refractivity contribution is 5.66. The normalized spacial score (nSPS) is 13.1. The Labute approximate surface area is 103 Å². The van der Waals surface area contributed by atoms with Gasteiger partial charge in [0.15, 0.2) is 0 Å². The van der Waals surface area contributed by atoms with Gasteiger partial charge in [0.25, 0.3) is 0 Å². The van der Waals surface area contributed by atoms with Crippen LogP contribution in [0, 0.1) is 0 Å². The Bertz CT molecular complexity index is 360. The predicted octanol–water partition coefficient (Wildman–Crippen LogP) is 1.96. The van der Waals surface area contributed by atoms with E-state index in [1.54, 1.807) is 4.68 Å². The van der Waals surface area contributed by atoms with Gasteiger partial charge < -0.3 is 15.8 Å². The van der Waals surface area contributed by atoms with Crippen molar-refractivity contribution < 1.29 is 4.74 Å². The van der Waals surface area contributed by atoms with Crippen LogP contribution in [0.5, 0.6) is 0 Å². The van der Waals surface area contributed by atoms with Crippen molar-refractivity contribution in [1.29, 1.82) is 0 Å². The van der Waals surface area contributed by atoms with Crippen molar-refractivity contribution in [2.45, 2.75) is 39.7 Å². The predicted molar refractivity (Wildman–Crippen MR) is 71.3 cm³/mol. The van der Waals surface area contributed by atoms with Gasteiger partial charge in [-0.15, -0.1) is 0 Å². The molecule has 0 saturated heterocycles. The van der Waals surface area contributed by atoms with Gasteiger partial charge in [-0.05, 0) is 19.8 Å². The second-order valence-corrected chi connectivity index (χ2v) is 4.63. The lowest BCUT2D eigenvalue weighted by molar-refractivity contribution is 0.141. The second kappa shape index (κ2) is 5.91. The minimum Gasteiger partial charge on any atom is -0.394 e. The van der Waals surface area contributed by atoms with Crippen LogP contribution >= 0.6 is 0 Å². The van der Waals surface area contributed by atoms with Crippen molar-refractivity contribution in [3.63, 3.8) is 0 Å². The molecule has 1 unspecified atom stereocenters. The van der Waals surface area contributed by atoms with Crippen LogP contribution in [-0.4, -0.2) is 29.0 Å². The lowest BCUT2D eigenvalue weighted by Crippen LogP contribution is -2.23. The molecule has 0 aliphatic carbocycles. The average Bonchev–Trinajstić information content (AvgIpc) is 2.54. The SMILES string of the molecule is CCOCC(C)Nc1c(N)c(C(C)C)nn1C. The summed E-state index contributed by atoms with van der Waals surface area (Å²) in [6, 6.07) is 0.215. The zero-order chi connectivity index (χ0) is 13.0. The van der Waals surface area contributed by atoms with E-state index in [-0.39, 0.29) is 6.04 Å². The molecule has 0 fully saturated rings. The Hall–Kier alpha value is -1.23. The molecule has 1 aromatic heterocycles. The van der Waals surface area contributed by atoms with Gasteiger partial charge in [0.05, 0.1) is 18.0 Å². The maximum atomic E-state index is 6.10. The Morgan fingerprint density at radius 3 is 2.53 bits per heavy atom. The highest BCUT2D eigenvalue weighted by atomic mass is 16.5. The summed E-state index contributed by atoms with van der Waals surface area (Å²) < 4.78 is 7.17. The van der Waals surface area contributed by atoms with Gasteiger partial charge in [0, 0.05) is 19.7 Å². The van der Waals surface area contributed by atoms with Gasteiger partial charge in [-0.25, -0.2) is 0 Å². The highest BCUT2D eigenvalue weighted by Gasteiger charge is 2.17. The Morgan fingerprint density at radius 1 is 1.41 bits per heavy atom. The van der Waals surface area contributed by atoms with E-state index < -0.39 is 0 Å². The molecule has 17 heavy (non-hydrogen) atoms. The Balaban J connectivity index is 2.77. The smallest absolute Gasteiger partial charge is 0.148 e. The first-order chi connectivity index (χ1) is 7.97. The minimum absolute atomic E-state index is 0.215. The number of nitrogen functional groups attached to an aromatic ring is 1. The van der Waals surface area contributed by atoms with E-state index in [0.717, 1.165) is 23.8 Å². The fourth-order valence-corrected chi connectivity index (χ4v) is 1.73. The number of hydrogen-bond acceptors (Lipinski definition) is 4. The summed E-state index contributed by atoms with van der Waals surface area (Å²) in [7, 11) is 1.90. The molecule has 0 aliphatic heterocycles. The Morgan fingerprint density at radius 2 is 2.06 bits per heavy atom. The highest BCUT2D eigenvalue weighted by Crippen LogP contribution is 2.27. The molecule has 3 N–H and O–H groups in total. The molecule has 0 saturated carbocycles. The molecular formula is C12H24N4O. The number of aromatic nitrogens is 2. The van der Waals surface area contributed by atoms with Crippen molar-refractivity contribution in [2.75, 3.05) is 24.3 Å². The third-order valence-corrected chi connectivity index (χ3v) is 2.61. The summed E-state index contributed by atoms with van der Waals surface area (Å²) in [6.45, 7) is 9.62. The van der Waals surface area contributed by atoms with E-state index in [0.29, 0.717) is 12.5 Å². The molecule has 0 amide bonds. The van der Waals surface area contributed by atoms with E-state index in [9.17, 15) is 0 Å². The van der Waals surface area contributed by atoms with Crippen molar-refractivity contribution in [1.82, 2.24) is 9.78 Å². The minimum atomic E-state index is 0.215. The Kier molecular flexibility index (Phi) is 4.81. The van der Waals surface area contributed by atoms with Gasteiger partial charge in [0.2, 0.25) is 0 Å². The first-order valence-corrected chi connectivity index (χ1v) is 6.14. The quantitative estimate of drug-likeness (QED) is 0.798. The number of aryl methyl sites for hydroxylation is 1. The van der Waals surface area contributed by atoms with Crippen molar-refractivity contribution in [2.24, 2.45) is 7.05 Å². The maximum Gasteiger partial charge on any atom is 0.148 e. The zero-order valence-corrected chi connectivity index (χ0v) is 11.4. The molecule has 0 spiro atoms. The molecule has 5 heteroatoms. The van der Waals surface area contributed by atoms with Crippen LogP contribution in [0.4, 0.5) is 11.5 Å². The second-order valence-electron chi connectivity index (χ2n) is 4.63. The lowest BCUT2D eigenvalue weighted by Gasteiger charge is -2.15. The molecule has 1 heterocycles. The van der Waals surface area contributed by atoms with E-state index >= 15 is 0 Å². The molecule has 1 aromatic rings. The van der Waals surface area contributed by atoms with Crippen molar-refractivity contribution >= 4 is 11.5 Å². The van der Waals surface area contributed by atoms with Gasteiger partial charge in [-0.3, -0.25) is 4.68 Å². The van der Waals surface area contributed by atoms with E-state index in [1.807, 2.05) is 14.0 Å². The molecule has 98 valence electrons. The van der Waals surface area contributed by atoms with E-state index in [1.165, 1.54) is 0 Å². The summed E-state index contributed by atoms with van der Waals surface area (Å²) in [5.74, 6) is 1.21. The van der Waals surface area contributed by atoms with Crippen LogP contribution in [0.1, 0.15) is 39.3 Å². The summed E-state index contributed by atoms with van der Waals surface area (Å²) in [4.78, 5) is 0. The number of nitrogens with zero attached hydrogens (tertiary/aromatic N) is 2.